The Bertz CT molecular complexity index is 2120. The maximum absolute atomic E-state index is 11.8. The molecule has 0 aliphatic rings. The van der Waals surface area contributed by atoms with Gasteiger partial charge in [-0.15, -0.1) is 0 Å². The molecule has 2 heterocycles. The van der Waals surface area contributed by atoms with Crippen LogP contribution in [0, 0.1) is 19.8 Å². The first kappa shape index (κ1) is 33.4. The SMILES string of the molecule is Cc1cccc(C)c1-n1c(-c2cccc(C(C)(C)C)c2O)nc2c(-c3cccc(-c4cc(CC(C)C)c([Si](C)(C)C)cn4)c3)cccc21. The molecule has 48 heavy (non-hydrogen) atoms. The summed E-state index contributed by atoms with van der Waals surface area (Å²) in [5, 5.41) is 13.2. The predicted molar refractivity (Wildman–Crippen MR) is 207 cm³/mol. The van der Waals surface area contributed by atoms with Gasteiger partial charge in [-0.1, -0.05) is 115 Å². The Kier molecular flexibility index (Phi) is 8.71. The lowest BCUT2D eigenvalue weighted by Crippen LogP contribution is -2.40. The minimum atomic E-state index is -1.54. The van der Waals surface area contributed by atoms with Crippen molar-refractivity contribution in [1.82, 2.24) is 14.5 Å². The molecule has 0 atom stereocenters. The molecular weight excluding hydrogens is 603 g/mol. The smallest absolute Gasteiger partial charge is 0.149 e. The molecular formula is C43H49N3OSi. The second-order valence-electron chi connectivity index (χ2n) is 15.8. The quantitative estimate of drug-likeness (QED) is 0.175. The van der Waals surface area contributed by atoms with Crippen LogP contribution in [0.3, 0.4) is 0 Å². The molecule has 6 rings (SSSR count). The number of pyridine rings is 1. The van der Waals surface area contributed by atoms with Crippen LogP contribution in [0.25, 0.3) is 50.5 Å². The lowest BCUT2D eigenvalue weighted by atomic mass is 9.85. The zero-order valence-electron chi connectivity index (χ0n) is 30.2. The van der Waals surface area contributed by atoms with E-state index in [-0.39, 0.29) is 11.2 Å². The van der Waals surface area contributed by atoms with Crippen molar-refractivity contribution in [3.63, 3.8) is 0 Å². The molecule has 0 bridgehead atoms. The fourth-order valence-electron chi connectivity index (χ4n) is 7.01. The van der Waals surface area contributed by atoms with E-state index in [2.05, 4.69) is 146 Å². The third kappa shape index (κ3) is 6.24. The van der Waals surface area contributed by atoms with Gasteiger partial charge in [0.1, 0.15) is 11.6 Å². The van der Waals surface area contributed by atoms with Gasteiger partial charge < -0.3 is 5.11 Å². The summed E-state index contributed by atoms with van der Waals surface area (Å²) in [7, 11) is -1.54. The van der Waals surface area contributed by atoms with Crippen molar-refractivity contribution >= 4 is 24.3 Å². The normalized spacial score (nSPS) is 12.3. The van der Waals surface area contributed by atoms with Gasteiger partial charge >= 0.3 is 0 Å². The molecule has 0 unspecified atom stereocenters. The molecule has 2 aromatic heterocycles. The Labute approximate surface area is 287 Å². The highest BCUT2D eigenvalue weighted by molar-refractivity contribution is 6.89. The topological polar surface area (TPSA) is 50.9 Å². The number of para-hydroxylation sites is 3. The van der Waals surface area contributed by atoms with Gasteiger partial charge in [0.25, 0.3) is 0 Å². The number of nitrogens with zero attached hydrogens (tertiary/aromatic N) is 3. The molecule has 5 heteroatoms. The number of fused-ring (bicyclic) bond motifs is 1. The van der Waals surface area contributed by atoms with Crippen molar-refractivity contribution in [2.45, 2.75) is 79.9 Å². The lowest BCUT2D eigenvalue weighted by Gasteiger charge is -2.22. The number of phenols is 1. The van der Waals surface area contributed by atoms with Gasteiger partial charge in [0, 0.05) is 17.3 Å². The van der Waals surface area contributed by atoms with Gasteiger partial charge in [-0.2, -0.15) is 0 Å². The molecule has 6 aromatic rings. The van der Waals surface area contributed by atoms with E-state index in [9.17, 15) is 5.11 Å². The first-order valence-corrected chi connectivity index (χ1v) is 20.7. The second-order valence-corrected chi connectivity index (χ2v) is 20.8. The summed E-state index contributed by atoms with van der Waals surface area (Å²) < 4.78 is 2.24. The number of aromatic nitrogens is 3. The molecule has 0 saturated heterocycles. The first-order valence-electron chi connectivity index (χ1n) is 17.2. The van der Waals surface area contributed by atoms with E-state index >= 15 is 0 Å². The highest BCUT2D eigenvalue weighted by Gasteiger charge is 2.26. The molecule has 0 fully saturated rings. The Balaban J connectivity index is 1.58. The highest BCUT2D eigenvalue weighted by Crippen LogP contribution is 2.42. The molecule has 0 amide bonds. The maximum atomic E-state index is 11.8. The lowest BCUT2D eigenvalue weighted by molar-refractivity contribution is 0.448. The second kappa shape index (κ2) is 12.5. The number of rotatable bonds is 7. The standard InChI is InChI=1S/C43H49N3OSi/c1-27(2)23-32-25-36(44-26-38(32)48(8,9)10)31-18-12-17-30(24-31)33-19-14-22-37-39(33)45-42(46(37)40-28(3)15-11-16-29(40)4)34-20-13-21-35(41(34)47)43(5,6)7/h11-22,24-27,47H,23H2,1-10H3. The number of hydrogen-bond donors (Lipinski definition) is 1. The minimum Gasteiger partial charge on any atom is -0.507 e. The number of phenolic OH excluding ortho intramolecular Hbond substituents is 1. The van der Waals surface area contributed by atoms with E-state index in [0.717, 1.165) is 73.6 Å². The average molecular weight is 652 g/mol. The molecule has 4 aromatic carbocycles. The van der Waals surface area contributed by atoms with Gasteiger partial charge in [-0.3, -0.25) is 9.55 Å². The van der Waals surface area contributed by atoms with Crippen molar-refractivity contribution < 1.29 is 5.11 Å². The largest absolute Gasteiger partial charge is 0.507 e. The summed E-state index contributed by atoms with van der Waals surface area (Å²) in [6, 6.07) is 29.9. The van der Waals surface area contributed by atoms with Crippen LogP contribution in [0.4, 0.5) is 0 Å². The molecule has 4 nitrogen and oxygen atoms in total. The fourth-order valence-corrected chi connectivity index (χ4v) is 8.60. The van der Waals surface area contributed by atoms with Crippen molar-refractivity contribution in [2.75, 3.05) is 0 Å². The van der Waals surface area contributed by atoms with E-state index in [1.807, 2.05) is 18.2 Å². The van der Waals surface area contributed by atoms with Gasteiger partial charge in [0.2, 0.25) is 0 Å². The van der Waals surface area contributed by atoms with Crippen molar-refractivity contribution in [3.05, 3.63) is 113 Å². The van der Waals surface area contributed by atoms with E-state index in [0.29, 0.717) is 5.92 Å². The summed E-state index contributed by atoms with van der Waals surface area (Å²) >= 11 is 0. The molecule has 0 aliphatic carbocycles. The van der Waals surface area contributed by atoms with E-state index in [4.69, 9.17) is 9.97 Å². The van der Waals surface area contributed by atoms with E-state index < -0.39 is 8.07 Å². The number of aryl methyl sites for hydroxylation is 2. The summed E-state index contributed by atoms with van der Waals surface area (Å²) in [6.45, 7) is 22.5. The van der Waals surface area contributed by atoms with Crippen LogP contribution in [0.1, 0.15) is 56.9 Å². The van der Waals surface area contributed by atoms with Crippen LogP contribution >= 0.6 is 0 Å². The zero-order chi connectivity index (χ0) is 34.5. The molecule has 1 N–H and O–H groups in total. The van der Waals surface area contributed by atoms with E-state index in [1.165, 1.54) is 10.8 Å². The molecule has 0 aliphatic heterocycles. The van der Waals surface area contributed by atoms with Crippen LogP contribution in [-0.2, 0) is 11.8 Å². The summed E-state index contributed by atoms with van der Waals surface area (Å²) in [5.74, 6) is 1.59. The van der Waals surface area contributed by atoms with Crippen molar-refractivity contribution in [1.29, 1.82) is 0 Å². The predicted octanol–water partition coefficient (Wildman–Crippen LogP) is 10.8. The Morgan fingerprint density at radius 2 is 1.42 bits per heavy atom. The fraction of sp³-hybridized carbons (Fsp3) is 0.302. The number of aromatic hydroxyl groups is 1. The van der Waals surface area contributed by atoms with Gasteiger partial charge in [0.15, 0.2) is 0 Å². The minimum absolute atomic E-state index is 0.225. The average Bonchev–Trinajstić information content (AvgIpc) is 3.39. The number of benzene rings is 4. The van der Waals surface area contributed by atoms with Gasteiger partial charge in [0.05, 0.1) is 36.1 Å². The summed E-state index contributed by atoms with van der Waals surface area (Å²) in [4.78, 5) is 10.4. The van der Waals surface area contributed by atoms with Crippen molar-refractivity contribution in [2.24, 2.45) is 5.92 Å². The Morgan fingerprint density at radius 1 is 0.792 bits per heavy atom. The van der Waals surface area contributed by atoms with Crippen LogP contribution in [0.15, 0.2) is 91.1 Å². The van der Waals surface area contributed by atoms with Gasteiger partial charge in [-0.05, 0) is 88.9 Å². The monoisotopic (exact) mass is 651 g/mol. The van der Waals surface area contributed by atoms with Gasteiger partial charge in [-0.25, -0.2) is 4.98 Å². The number of hydrogen-bond acceptors (Lipinski definition) is 3. The van der Waals surface area contributed by atoms with E-state index in [1.54, 1.807) is 0 Å². The maximum Gasteiger partial charge on any atom is 0.149 e. The zero-order valence-corrected chi connectivity index (χ0v) is 31.2. The molecule has 246 valence electrons. The Morgan fingerprint density at radius 3 is 2.08 bits per heavy atom. The molecule has 0 radical (unpaired) electrons. The third-order valence-electron chi connectivity index (χ3n) is 9.33. The van der Waals surface area contributed by atoms with Crippen LogP contribution in [0.5, 0.6) is 5.75 Å². The summed E-state index contributed by atoms with van der Waals surface area (Å²) in [5.41, 5.74) is 12.4. The third-order valence-corrected chi connectivity index (χ3v) is 11.4. The first-order chi connectivity index (χ1) is 22.6. The van der Waals surface area contributed by atoms with Crippen molar-refractivity contribution in [3.8, 4) is 45.2 Å². The van der Waals surface area contributed by atoms with Crippen LogP contribution < -0.4 is 5.19 Å². The van der Waals surface area contributed by atoms with Crippen LogP contribution in [-0.4, -0.2) is 27.7 Å². The highest BCUT2D eigenvalue weighted by atomic mass is 28.3. The Hall–Kier alpha value is -4.48. The number of imidazole rings is 1. The molecule has 0 saturated carbocycles. The van der Waals surface area contributed by atoms with Crippen LogP contribution in [0.2, 0.25) is 19.6 Å². The summed E-state index contributed by atoms with van der Waals surface area (Å²) in [6.07, 6.45) is 3.19. The molecule has 0 spiro atoms.